The first-order valence-electron chi connectivity index (χ1n) is 9.61. The summed E-state index contributed by atoms with van der Waals surface area (Å²) in [5.74, 6) is 0. The second-order valence-corrected chi connectivity index (χ2v) is 6.57. The first-order chi connectivity index (χ1) is 12.7. The van der Waals surface area contributed by atoms with Crippen molar-refractivity contribution < 1.29 is 0 Å². The van der Waals surface area contributed by atoms with Gasteiger partial charge in [0.05, 0.1) is 5.52 Å². The van der Waals surface area contributed by atoms with Crippen LogP contribution in [0.3, 0.4) is 0 Å². The van der Waals surface area contributed by atoms with Crippen LogP contribution < -0.4 is 0 Å². The number of nitrogens with zero attached hydrogens (tertiary/aromatic N) is 2. The molecule has 0 amide bonds. The van der Waals surface area contributed by atoms with Crippen molar-refractivity contribution in [3.63, 3.8) is 0 Å². The number of benzene rings is 2. The number of aryl methyl sites for hydroxylation is 4. The fourth-order valence-electron chi connectivity index (χ4n) is 3.65. The molecule has 0 atom stereocenters. The lowest BCUT2D eigenvalue weighted by atomic mass is 10.0. The summed E-state index contributed by atoms with van der Waals surface area (Å²) >= 11 is 0. The first kappa shape index (κ1) is 18.2. The molecule has 134 valence electrons. The van der Waals surface area contributed by atoms with Gasteiger partial charge in [0, 0.05) is 34.9 Å². The Balaban J connectivity index is 0.000000140. The maximum absolute atomic E-state index is 4.21. The SMILES string of the molecule is CC.Cc1cc2cccc3c2n1CCC3.Cc1cc2ccccc2cn1. The zero-order chi connectivity index (χ0) is 18.5. The smallest absolute Gasteiger partial charge is 0.0514 e. The van der Waals surface area contributed by atoms with Crippen LogP contribution in [0.4, 0.5) is 0 Å². The molecular weight excluding hydrogens is 316 g/mol. The van der Waals surface area contributed by atoms with Crippen molar-refractivity contribution in [1.29, 1.82) is 0 Å². The molecule has 5 rings (SSSR count). The Bertz CT molecular complexity index is 1010. The maximum Gasteiger partial charge on any atom is 0.0514 e. The highest BCUT2D eigenvalue weighted by atomic mass is 15.0. The second-order valence-electron chi connectivity index (χ2n) is 6.57. The van der Waals surface area contributed by atoms with E-state index >= 15 is 0 Å². The Labute approximate surface area is 156 Å². The number of fused-ring (bicyclic) bond motifs is 1. The number of pyridine rings is 1. The Morgan fingerprint density at radius 1 is 0.846 bits per heavy atom. The molecule has 0 bridgehead atoms. The summed E-state index contributed by atoms with van der Waals surface area (Å²) in [6.45, 7) is 9.41. The van der Waals surface area contributed by atoms with Crippen LogP contribution in [0, 0.1) is 13.8 Å². The van der Waals surface area contributed by atoms with Crippen molar-refractivity contribution in [2.75, 3.05) is 0 Å². The molecule has 3 heterocycles. The van der Waals surface area contributed by atoms with E-state index in [9.17, 15) is 0 Å². The minimum absolute atomic E-state index is 1.07. The van der Waals surface area contributed by atoms with E-state index in [4.69, 9.17) is 0 Å². The minimum Gasteiger partial charge on any atom is -0.345 e. The monoisotopic (exact) mass is 344 g/mol. The van der Waals surface area contributed by atoms with Crippen LogP contribution >= 0.6 is 0 Å². The molecule has 0 unspecified atom stereocenters. The third-order valence-corrected chi connectivity index (χ3v) is 4.81. The quantitative estimate of drug-likeness (QED) is 0.358. The van der Waals surface area contributed by atoms with Gasteiger partial charge in [0.2, 0.25) is 0 Å². The average Bonchev–Trinajstić information content (AvgIpc) is 3.02. The standard InChI is InChI=1S/C12H13N.C10H9N.C2H6/c1-9-8-11-5-2-4-10-6-3-7-13(9)12(10)11;1-8-6-9-4-2-3-5-10(9)7-11-8;1-2/h2,4-5,8H,3,6-7H2,1H3;2-7H,1H3;1-2H3. The molecule has 0 radical (unpaired) electrons. The molecule has 0 aliphatic carbocycles. The average molecular weight is 345 g/mol. The van der Waals surface area contributed by atoms with Crippen LogP contribution in [0.25, 0.3) is 21.7 Å². The highest BCUT2D eigenvalue weighted by molar-refractivity contribution is 5.85. The highest BCUT2D eigenvalue weighted by Crippen LogP contribution is 2.27. The molecule has 2 aromatic heterocycles. The van der Waals surface area contributed by atoms with E-state index in [1.807, 2.05) is 39.1 Å². The summed E-state index contributed by atoms with van der Waals surface area (Å²) in [6.07, 6.45) is 4.45. The molecule has 0 saturated heterocycles. The van der Waals surface area contributed by atoms with Crippen LogP contribution in [0.5, 0.6) is 0 Å². The third kappa shape index (κ3) is 3.65. The van der Waals surface area contributed by atoms with Crippen molar-refractivity contribution in [3.8, 4) is 0 Å². The van der Waals surface area contributed by atoms with Gasteiger partial charge in [-0.3, -0.25) is 4.98 Å². The van der Waals surface area contributed by atoms with Crippen LogP contribution in [0.1, 0.15) is 37.2 Å². The Morgan fingerprint density at radius 3 is 2.38 bits per heavy atom. The molecule has 4 aromatic rings. The van der Waals surface area contributed by atoms with Gasteiger partial charge in [-0.15, -0.1) is 0 Å². The van der Waals surface area contributed by atoms with Gasteiger partial charge < -0.3 is 4.57 Å². The summed E-state index contributed by atoms with van der Waals surface area (Å²) in [5.41, 5.74) is 5.48. The molecule has 0 spiro atoms. The predicted molar refractivity (Wildman–Crippen MR) is 113 cm³/mol. The van der Waals surface area contributed by atoms with Gasteiger partial charge in [-0.05, 0) is 49.8 Å². The van der Waals surface area contributed by atoms with Crippen LogP contribution in [-0.4, -0.2) is 9.55 Å². The van der Waals surface area contributed by atoms with Gasteiger partial charge in [0.1, 0.15) is 0 Å². The van der Waals surface area contributed by atoms with E-state index in [1.54, 1.807) is 0 Å². The summed E-state index contributed by atoms with van der Waals surface area (Å²) in [5, 5.41) is 3.88. The molecule has 2 aromatic carbocycles. The summed E-state index contributed by atoms with van der Waals surface area (Å²) in [6, 6.07) is 19.3. The van der Waals surface area contributed by atoms with Gasteiger partial charge >= 0.3 is 0 Å². The zero-order valence-corrected chi connectivity index (χ0v) is 16.3. The molecule has 0 fully saturated rings. The maximum atomic E-state index is 4.21. The van der Waals surface area contributed by atoms with Gasteiger partial charge in [-0.2, -0.15) is 0 Å². The van der Waals surface area contributed by atoms with Crippen molar-refractivity contribution in [2.45, 2.75) is 47.1 Å². The Hall–Kier alpha value is -2.61. The third-order valence-electron chi connectivity index (χ3n) is 4.81. The van der Waals surface area contributed by atoms with Crippen molar-refractivity contribution in [3.05, 3.63) is 77.7 Å². The molecule has 2 nitrogen and oxygen atoms in total. The highest BCUT2D eigenvalue weighted by Gasteiger charge is 2.13. The van der Waals surface area contributed by atoms with E-state index in [0.29, 0.717) is 0 Å². The van der Waals surface area contributed by atoms with Gasteiger partial charge in [-0.1, -0.05) is 56.3 Å². The number of rotatable bonds is 0. The normalized spacial score (nSPS) is 12.2. The summed E-state index contributed by atoms with van der Waals surface area (Å²) in [4.78, 5) is 4.21. The van der Waals surface area contributed by atoms with Crippen molar-refractivity contribution >= 4 is 21.7 Å². The first-order valence-corrected chi connectivity index (χ1v) is 9.61. The lowest BCUT2D eigenvalue weighted by Gasteiger charge is -2.16. The molecule has 2 heteroatoms. The number of aromatic nitrogens is 2. The summed E-state index contributed by atoms with van der Waals surface area (Å²) in [7, 11) is 0. The van der Waals surface area contributed by atoms with E-state index < -0.39 is 0 Å². The predicted octanol–water partition coefficient (Wildman–Crippen LogP) is 6.47. The van der Waals surface area contributed by atoms with Gasteiger partial charge in [0.15, 0.2) is 0 Å². The Kier molecular flexibility index (Phi) is 5.72. The summed E-state index contributed by atoms with van der Waals surface area (Å²) < 4.78 is 2.45. The fourth-order valence-corrected chi connectivity index (χ4v) is 3.65. The molecule has 1 aliphatic rings. The number of hydrogen-bond acceptors (Lipinski definition) is 1. The zero-order valence-electron chi connectivity index (χ0n) is 16.3. The Morgan fingerprint density at radius 2 is 1.58 bits per heavy atom. The molecular formula is C24H28N2. The largest absolute Gasteiger partial charge is 0.345 e. The van der Waals surface area contributed by atoms with Crippen LogP contribution in [-0.2, 0) is 13.0 Å². The van der Waals surface area contributed by atoms with Gasteiger partial charge in [0.25, 0.3) is 0 Å². The molecule has 0 saturated carbocycles. The molecule has 1 aliphatic heterocycles. The van der Waals surface area contributed by atoms with E-state index in [0.717, 1.165) is 5.69 Å². The van der Waals surface area contributed by atoms with Crippen molar-refractivity contribution in [1.82, 2.24) is 9.55 Å². The number of para-hydroxylation sites is 1. The van der Waals surface area contributed by atoms with E-state index in [-0.39, 0.29) is 0 Å². The van der Waals surface area contributed by atoms with Crippen LogP contribution in [0.15, 0.2) is 60.8 Å². The number of hydrogen-bond donors (Lipinski definition) is 0. The fraction of sp³-hybridized carbons (Fsp3) is 0.292. The van der Waals surface area contributed by atoms with Crippen LogP contribution in [0.2, 0.25) is 0 Å². The van der Waals surface area contributed by atoms with E-state index in [1.165, 1.54) is 52.3 Å². The topological polar surface area (TPSA) is 17.8 Å². The lowest BCUT2D eigenvalue weighted by Crippen LogP contribution is -2.08. The second kappa shape index (κ2) is 8.18. The minimum atomic E-state index is 1.07. The molecule has 26 heavy (non-hydrogen) atoms. The lowest BCUT2D eigenvalue weighted by molar-refractivity contribution is 0.623. The molecule has 0 N–H and O–H groups in total. The van der Waals surface area contributed by atoms with Gasteiger partial charge in [-0.25, -0.2) is 0 Å². The van der Waals surface area contributed by atoms with E-state index in [2.05, 4.69) is 58.9 Å². The van der Waals surface area contributed by atoms with Crippen molar-refractivity contribution in [2.24, 2.45) is 0 Å².